The Kier molecular flexibility index (Phi) is 11.1. The van der Waals surface area contributed by atoms with Crippen molar-refractivity contribution in [1.29, 1.82) is 0 Å². The molecule has 0 spiro atoms. The van der Waals surface area contributed by atoms with Crippen LogP contribution in [0.3, 0.4) is 0 Å². The Morgan fingerprint density at radius 2 is 1.45 bits per heavy atom. The van der Waals surface area contributed by atoms with Crippen LogP contribution in [0.2, 0.25) is 0 Å². The third-order valence-electron chi connectivity index (χ3n) is 2.75. The Morgan fingerprint density at radius 3 is 1.85 bits per heavy atom. The van der Waals surface area contributed by atoms with Crippen molar-refractivity contribution in [3.8, 4) is 0 Å². The number of benzene rings is 1. The van der Waals surface area contributed by atoms with E-state index in [-0.39, 0.29) is 12.3 Å². The fraction of sp³-hybridized carbons (Fsp3) is 0.500. The minimum atomic E-state index is -0.739. The van der Waals surface area contributed by atoms with Crippen molar-refractivity contribution < 1.29 is 14.7 Å². The molecule has 1 rings (SSSR count). The molecule has 4 heteroatoms. The van der Waals surface area contributed by atoms with E-state index in [0.29, 0.717) is 6.42 Å². The third kappa shape index (κ3) is 14.2. The molecule has 0 aliphatic carbocycles. The molecule has 0 saturated carbocycles. The lowest BCUT2D eigenvalue weighted by molar-refractivity contribution is -0.137. The number of aryl methyl sites for hydroxylation is 1. The van der Waals surface area contributed by atoms with Gasteiger partial charge in [0.1, 0.15) is 0 Å². The Balaban J connectivity index is 0.000000428. The Bertz CT molecular complexity index is 359. The van der Waals surface area contributed by atoms with Crippen LogP contribution in [0, 0.1) is 6.92 Å². The van der Waals surface area contributed by atoms with Gasteiger partial charge in [0.2, 0.25) is 5.91 Å². The predicted molar refractivity (Wildman–Crippen MR) is 80.3 cm³/mol. The van der Waals surface area contributed by atoms with Crippen molar-refractivity contribution in [2.24, 2.45) is 5.73 Å². The Labute approximate surface area is 121 Å². The first-order valence-corrected chi connectivity index (χ1v) is 7.04. The number of carbonyl (C=O) groups is 2. The van der Waals surface area contributed by atoms with Gasteiger partial charge in [0.05, 0.1) is 0 Å². The van der Waals surface area contributed by atoms with Crippen LogP contribution in [0.1, 0.15) is 50.5 Å². The molecular weight excluding hydrogens is 254 g/mol. The molecule has 20 heavy (non-hydrogen) atoms. The average molecular weight is 279 g/mol. The van der Waals surface area contributed by atoms with Crippen molar-refractivity contribution in [3.05, 3.63) is 35.9 Å². The Hall–Kier alpha value is -1.84. The fourth-order valence-corrected chi connectivity index (χ4v) is 1.64. The van der Waals surface area contributed by atoms with E-state index in [1.54, 1.807) is 0 Å². The molecule has 3 N–H and O–H groups in total. The van der Waals surface area contributed by atoms with Gasteiger partial charge in [-0.2, -0.15) is 0 Å². The molecule has 0 atom stereocenters. The number of primary amides is 1. The monoisotopic (exact) mass is 279 g/mol. The molecule has 1 aromatic carbocycles. The summed E-state index contributed by atoms with van der Waals surface area (Å²) < 4.78 is 0. The molecule has 0 heterocycles. The molecule has 0 aromatic heterocycles. The minimum absolute atomic E-state index is 0.246. The molecule has 0 aliphatic rings. The molecule has 0 bridgehead atoms. The minimum Gasteiger partial charge on any atom is -0.481 e. The van der Waals surface area contributed by atoms with E-state index >= 15 is 0 Å². The van der Waals surface area contributed by atoms with Crippen LogP contribution in [-0.4, -0.2) is 17.0 Å². The molecular formula is C16H25NO3. The summed E-state index contributed by atoms with van der Waals surface area (Å²) in [6.07, 6.45) is 5.11. The second kappa shape index (κ2) is 12.2. The highest BCUT2D eigenvalue weighted by Crippen LogP contribution is 2.06. The lowest BCUT2D eigenvalue weighted by Crippen LogP contribution is -2.09. The highest BCUT2D eigenvalue weighted by atomic mass is 16.4. The maximum absolute atomic E-state index is 10.3. The van der Waals surface area contributed by atoms with Gasteiger partial charge in [0, 0.05) is 12.8 Å². The van der Waals surface area contributed by atoms with Gasteiger partial charge in [0.15, 0.2) is 0 Å². The van der Waals surface area contributed by atoms with E-state index in [2.05, 4.69) is 19.1 Å². The highest BCUT2D eigenvalue weighted by molar-refractivity contribution is 5.73. The number of unbranched alkanes of at least 4 members (excludes halogenated alkanes) is 4. The number of nitrogens with two attached hydrogens (primary N) is 1. The normalized spacial score (nSPS) is 9.45. The van der Waals surface area contributed by atoms with Crippen molar-refractivity contribution >= 4 is 11.9 Å². The van der Waals surface area contributed by atoms with Gasteiger partial charge < -0.3 is 10.8 Å². The zero-order valence-electron chi connectivity index (χ0n) is 12.2. The molecule has 0 fully saturated rings. The Morgan fingerprint density at radius 1 is 0.950 bits per heavy atom. The molecule has 0 unspecified atom stereocenters. The number of hydrogen-bond donors (Lipinski definition) is 2. The summed E-state index contributed by atoms with van der Waals surface area (Å²) in [7, 11) is 0. The number of aliphatic carboxylic acids is 1. The first-order valence-electron chi connectivity index (χ1n) is 7.04. The summed E-state index contributed by atoms with van der Waals surface area (Å²) in [6.45, 7) is 2.08. The van der Waals surface area contributed by atoms with Gasteiger partial charge in [0.25, 0.3) is 0 Å². The van der Waals surface area contributed by atoms with Gasteiger partial charge in [-0.25, -0.2) is 0 Å². The molecule has 4 nitrogen and oxygen atoms in total. The zero-order chi connectivity index (χ0) is 15.2. The SMILES string of the molecule is Cc1ccccc1.NC(=O)CCCCCCCC(=O)O. The average Bonchev–Trinajstić information content (AvgIpc) is 2.38. The van der Waals surface area contributed by atoms with Crippen LogP contribution >= 0.6 is 0 Å². The third-order valence-corrected chi connectivity index (χ3v) is 2.75. The van der Waals surface area contributed by atoms with E-state index in [1.807, 2.05) is 18.2 Å². The van der Waals surface area contributed by atoms with Gasteiger partial charge in [-0.1, -0.05) is 55.2 Å². The number of amides is 1. The van der Waals surface area contributed by atoms with Crippen LogP contribution < -0.4 is 5.73 Å². The van der Waals surface area contributed by atoms with Crippen LogP contribution in [0.4, 0.5) is 0 Å². The van der Waals surface area contributed by atoms with E-state index in [4.69, 9.17) is 10.8 Å². The molecule has 0 aliphatic heterocycles. The van der Waals surface area contributed by atoms with E-state index in [0.717, 1.165) is 32.1 Å². The molecule has 1 aromatic rings. The number of rotatable bonds is 8. The second-order valence-electron chi connectivity index (χ2n) is 4.78. The van der Waals surface area contributed by atoms with Gasteiger partial charge >= 0.3 is 5.97 Å². The fourth-order valence-electron chi connectivity index (χ4n) is 1.64. The van der Waals surface area contributed by atoms with Crippen molar-refractivity contribution in [1.82, 2.24) is 0 Å². The van der Waals surface area contributed by atoms with Crippen molar-refractivity contribution in [2.45, 2.75) is 51.9 Å². The van der Waals surface area contributed by atoms with E-state index < -0.39 is 5.97 Å². The second-order valence-corrected chi connectivity index (χ2v) is 4.78. The van der Waals surface area contributed by atoms with Gasteiger partial charge in [-0.15, -0.1) is 0 Å². The number of carbonyl (C=O) groups excluding carboxylic acids is 1. The van der Waals surface area contributed by atoms with Crippen LogP contribution in [0.15, 0.2) is 30.3 Å². The predicted octanol–water partition coefficient (Wildman–Crippen LogP) is 3.28. The number of carboxylic acids is 1. The van der Waals surface area contributed by atoms with Crippen molar-refractivity contribution in [2.75, 3.05) is 0 Å². The first-order chi connectivity index (χ1) is 9.52. The molecule has 0 radical (unpaired) electrons. The summed E-state index contributed by atoms with van der Waals surface area (Å²) in [5.74, 6) is -0.998. The van der Waals surface area contributed by atoms with Crippen LogP contribution in [-0.2, 0) is 9.59 Å². The topological polar surface area (TPSA) is 80.4 Å². The van der Waals surface area contributed by atoms with E-state index in [1.165, 1.54) is 5.56 Å². The maximum atomic E-state index is 10.3. The molecule has 1 amide bonds. The lowest BCUT2D eigenvalue weighted by Gasteiger charge is -1.98. The summed E-state index contributed by atoms with van der Waals surface area (Å²) in [4.78, 5) is 20.4. The van der Waals surface area contributed by atoms with Gasteiger partial charge in [-0.3, -0.25) is 9.59 Å². The van der Waals surface area contributed by atoms with Gasteiger partial charge in [-0.05, 0) is 19.8 Å². The van der Waals surface area contributed by atoms with Crippen LogP contribution in [0.25, 0.3) is 0 Å². The lowest BCUT2D eigenvalue weighted by atomic mass is 10.1. The smallest absolute Gasteiger partial charge is 0.303 e. The first kappa shape index (κ1) is 18.2. The zero-order valence-corrected chi connectivity index (χ0v) is 12.2. The standard InChI is InChI=1S/C9H17NO3.C7H8/c10-8(11)6-4-2-1-3-5-7-9(12)13;1-7-5-3-2-4-6-7/h1-7H2,(H2,10,11)(H,12,13);2-6H,1H3. The van der Waals surface area contributed by atoms with Crippen molar-refractivity contribution in [3.63, 3.8) is 0 Å². The molecule has 112 valence electrons. The summed E-state index contributed by atoms with van der Waals surface area (Å²) in [5.41, 5.74) is 6.28. The highest BCUT2D eigenvalue weighted by Gasteiger charge is 1.97. The van der Waals surface area contributed by atoms with E-state index in [9.17, 15) is 9.59 Å². The maximum Gasteiger partial charge on any atom is 0.303 e. The molecule has 0 saturated heterocycles. The van der Waals surface area contributed by atoms with Crippen LogP contribution in [0.5, 0.6) is 0 Å². The summed E-state index contributed by atoms with van der Waals surface area (Å²) in [5, 5.41) is 8.33. The number of hydrogen-bond acceptors (Lipinski definition) is 2. The quantitative estimate of drug-likeness (QED) is 0.716. The summed E-state index contributed by atoms with van der Waals surface area (Å²) in [6, 6.07) is 10.3. The largest absolute Gasteiger partial charge is 0.481 e. The summed E-state index contributed by atoms with van der Waals surface area (Å²) >= 11 is 0. The number of carboxylic acid groups (broad SMARTS) is 1.